The fourth-order valence-corrected chi connectivity index (χ4v) is 4.10. The van der Waals surface area contributed by atoms with Crippen LogP contribution in [-0.4, -0.2) is 27.4 Å². The number of hydrogen-bond donors (Lipinski definition) is 1. The Kier molecular flexibility index (Phi) is 6.47. The number of aryl methyl sites for hydroxylation is 2. The minimum atomic E-state index is -0.279. The largest absolute Gasteiger partial charge is 0.272 e. The fourth-order valence-electron chi connectivity index (χ4n) is 3.30. The smallest absolute Gasteiger partial charge is 0.266 e. The second-order valence-corrected chi connectivity index (χ2v) is 8.22. The highest BCUT2D eigenvalue weighted by atomic mass is 32.2. The summed E-state index contributed by atoms with van der Waals surface area (Å²) in [5.74, 6) is -0.208. The van der Waals surface area contributed by atoms with Gasteiger partial charge in [-0.2, -0.15) is 5.10 Å². The molecule has 0 aliphatic carbocycles. The molecule has 0 saturated carbocycles. The van der Waals surface area contributed by atoms with Gasteiger partial charge < -0.3 is 0 Å². The van der Waals surface area contributed by atoms with Crippen molar-refractivity contribution in [2.45, 2.75) is 19.0 Å². The number of fused-ring (bicyclic) bond motifs is 1. The molecule has 7 heteroatoms. The first kappa shape index (κ1) is 21.5. The SMILES string of the molecule is Cc1ccccc1/C=N\NC(=O)CSc1nc2ccccc2c(=O)n1-c1ccccc1C. The van der Waals surface area contributed by atoms with Crippen molar-refractivity contribution in [1.82, 2.24) is 15.0 Å². The molecular weight excluding hydrogens is 420 g/mol. The van der Waals surface area contributed by atoms with Crippen LogP contribution in [0.5, 0.6) is 0 Å². The number of carbonyl (C=O) groups is 1. The Bertz CT molecular complexity index is 1380. The first-order valence-electron chi connectivity index (χ1n) is 10.1. The molecule has 1 heterocycles. The van der Waals surface area contributed by atoms with Gasteiger partial charge in [-0.1, -0.05) is 66.4 Å². The molecule has 4 rings (SSSR count). The number of hydrogen-bond acceptors (Lipinski definition) is 5. The second-order valence-electron chi connectivity index (χ2n) is 7.28. The molecule has 1 N–H and O–H groups in total. The zero-order chi connectivity index (χ0) is 22.5. The molecule has 0 unspecified atom stereocenters. The molecule has 4 aromatic rings. The molecule has 3 aromatic carbocycles. The van der Waals surface area contributed by atoms with E-state index in [2.05, 4.69) is 15.5 Å². The van der Waals surface area contributed by atoms with Crippen molar-refractivity contribution in [2.75, 3.05) is 5.75 Å². The average Bonchev–Trinajstić information content (AvgIpc) is 2.80. The van der Waals surface area contributed by atoms with E-state index in [1.54, 1.807) is 22.9 Å². The molecule has 32 heavy (non-hydrogen) atoms. The van der Waals surface area contributed by atoms with Crippen LogP contribution in [0.1, 0.15) is 16.7 Å². The summed E-state index contributed by atoms with van der Waals surface area (Å²) in [6, 6.07) is 22.6. The van der Waals surface area contributed by atoms with Gasteiger partial charge in [0.05, 0.1) is 28.6 Å². The Morgan fingerprint density at radius 2 is 1.69 bits per heavy atom. The lowest BCUT2D eigenvalue weighted by atomic mass is 10.1. The molecule has 1 aromatic heterocycles. The number of hydrazone groups is 1. The molecule has 6 nitrogen and oxygen atoms in total. The minimum Gasteiger partial charge on any atom is -0.272 e. The van der Waals surface area contributed by atoms with Gasteiger partial charge >= 0.3 is 0 Å². The van der Waals surface area contributed by atoms with Crippen LogP contribution in [-0.2, 0) is 4.79 Å². The van der Waals surface area contributed by atoms with E-state index in [0.29, 0.717) is 16.1 Å². The molecule has 0 bridgehead atoms. The topological polar surface area (TPSA) is 76.3 Å². The van der Waals surface area contributed by atoms with Crippen LogP contribution in [0.4, 0.5) is 0 Å². The van der Waals surface area contributed by atoms with E-state index in [1.807, 2.05) is 74.5 Å². The maximum absolute atomic E-state index is 13.3. The van der Waals surface area contributed by atoms with Crippen molar-refractivity contribution in [3.63, 3.8) is 0 Å². The highest BCUT2D eigenvalue weighted by molar-refractivity contribution is 7.99. The number of aromatic nitrogens is 2. The number of benzene rings is 3. The van der Waals surface area contributed by atoms with Crippen LogP contribution in [0.15, 0.2) is 87.8 Å². The van der Waals surface area contributed by atoms with Gasteiger partial charge in [0.15, 0.2) is 5.16 Å². The lowest BCUT2D eigenvalue weighted by Crippen LogP contribution is -2.24. The predicted molar refractivity (Wildman–Crippen MR) is 130 cm³/mol. The molecular formula is C25H22N4O2S. The molecule has 0 saturated heterocycles. The third-order valence-electron chi connectivity index (χ3n) is 5.01. The number of rotatable bonds is 6. The van der Waals surface area contributed by atoms with Crippen molar-refractivity contribution >= 4 is 34.8 Å². The zero-order valence-electron chi connectivity index (χ0n) is 17.8. The van der Waals surface area contributed by atoms with Crippen LogP contribution in [0, 0.1) is 13.8 Å². The average molecular weight is 443 g/mol. The summed E-state index contributed by atoms with van der Waals surface area (Å²) in [5.41, 5.74) is 6.68. The molecule has 0 aliphatic heterocycles. The summed E-state index contributed by atoms with van der Waals surface area (Å²) < 4.78 is 1.58. The molecule has 0 aliphatic rings. The van der Waals surface area contributed by atoms with Crippen LogP contribution < -0.4 is 11.0 Å². The van der Waals surface area contributed by atoms with Gasteiger partial charge in [0, 0.05) is 0 Å². The molecule has 0 spiro atoms. The normalized spacial score (nSPS) is 11.2. The Hall–Kier alpha value is -3.71. The van der Waals surface area contributed by atoms with Gasteiger partial charge in [-0.05, 0) is 48.7 Å². The molecule has 1 amide bonds. The Labute approximate surface area is 190 Å². The Balaban J connectivity index is 1.59. The minimum absolute atomic E-state index is 0.0712. The van der Waals surface area contributed by atoms with Gasteiger partial charge in [0.25, 0.3) is 11.5 Å². The maximum Gasteiger partial charge on any atom is 0.266 e. The van der Waals surface area contributed by atoms with E-state index < -0.39 is 0 Å². The maximum atomic E-state index is 13.3. The molecule has 0 atom stereocenters. The zero-order valence-corrected chi connectivity index (χ0v) is 18.6. The van der Waals surface area contributed by atoms with Crippen LogP contribution in [0.3, 0.4) is 0 Å². The number of nitrogens with one attached hydrogen (secondary N) is 1. The van der Waals surface area contributed by atoms with Crippen molar-refractivity contribution < 1.29 is 4.79 Å². The van der Waals surface area contributed by atoms with E-state index >= 15 is 0 Å². The Morgan fingerprint density at radius 3 is 2.47 bits per heavy atom. The van der Waals surface area contributed by atoms with Crippen molar-refractivity contribution in [2.24, 2.45) is 5.10 Å². The van der Waals surface area contributed by atoms with E-state index in [0.717, 1.165) is 22.4 Å². The third-order valence-corrected chi connectivity index (χ3v) is 5.95. The van der Waals surface area contributed by atoms with E-state index in [1.165, 1.54) is 11.8 Å². The van der Waals surface area contributed by atoms with Crippen LogP contribution >= 0.6 is 11.8 Å². The highest BCUT2D eigenvalue weighted by Gasteiger charge is 2.15. The second kappa shape index (κ2) is 9.62. The lowest BCUT2D eigenvalue weighted by molar-refractivity contribution is -0.118. The number of amides is 1. The summed E-state index contributed by atoms with van der Waals surface area (Å²) in [7, 11) is 0. The van der Waals surface area contributed by atoms with Crippen molar-refractivity contribution in [3.05, 3.63) is 99.8 Å². The third kappa shape index (κ3) is 4.63. The number of carbonyl (C=O) groups excluding carboxylic acids is 1. The fraction of sp³-hybridized carbons (Fsp3) is 0.120. The molecule has 0 radical (unpaired) electrons. The predicted octanol–water partition coefficient (Wildman–Crippen LogP) is 4.24. The van der Waals surface area contributed by atoms with Gasteiger partial charge in [0.2, 0.25) is 0 Å². The van der Waals surface area contributed by atoms with E-state index in [-0.39, 0.29) is 17.2 Å². The monoisotopic (exact) mass is 442 g/mol. The summed E-state index contributed by atoms with van der Waals surface area (Å²) in [4.78, 5) is 30.4. The van der Waals surface area contributed by atoms with Crippen LogP contribution in [0.25, 0.3) is 16.6 Å². The summed E-state index contributed by atoms with van der Waals surface area (Å²) in [5, 5.41) is 5.04. The number of thioether (sulfide) groups is 1. The van der Waals surface area contributed by atoms with Gasteiger partial charge in [-0.3, -0.25) is 14.2 Å². The van der Waals surface area contributed by atoms with Crippen molar-refractivity contribution in [1.29, 1.82) is 0 Å². The summed E-state index contributed by atoms with van der Waals surface area (Å²) in [6.45, 7) is 3.92. The summed E-state index contributed by atoms with van der Waals surface area (Å²) in [6.07, 6.45) is 1.62. The summed E-state index contributed by atoms with van der Waals surface area (Å²) >= 11 is 1.20. The van der Waals surface area contributed by atoms with E-state index in [9.17, 15) is 9.59 Å². The number of nitrogens with zero attached hydrogens (tertiary/aromatic N) is 3. The Morgan fingerprint density at radius 1 is 1.00 bits per heavy atom. The molecule has 0 fully saturated rings. The van der Waals surface area contributed by atoms with Crippen molar-refractivity contribution in [3.8, 4) is 5.69 Å². The van der Waals surface area contributed by atoms with Gasteiger partial charge in [0.1, 0.15) is 0 Å². The first-order valence-corrected chi connectivity index (χ1v) is 11.1. The quantitative estimate of drug-likeness (QED) is 0.210. The number of para-hydroxylation sites is 2. The van der Waals surface area contributed by atoms with E-state index in [4.69, 9.17) is 0 Å². The lowest BCUT2D eigenvalue weighted by Gasteiger charge is -2.14. The van der Waals surface area contributed by atoms with Gasteiger partial charge in [-0.25, -0.2) is 10.4 Å². The standard InChI is InChI=1S/C25H22N4O2S/c1-17-9-3-5-11-19(17)15-26-28-23(30)16-32-25-27-21-13-7-6-12-20(21)24(31)29(25)22-14-8-4-10-18(22)2/h3-15H,16H2,1-2H3,(H,28,30)/b26-15-. The first-order chi connectivity index (χ1) is 15.5. The highest BCUT2D eigenvalue weighted by Crippen LogP contribution is 2.23. The van der Waals surface area contributed by atoms with Gasteiger partial charge in [-0.15, -0.1) is 0 Å². The molecule has 160 valence electrons. The van der Waals surface area contributed by atoms with Crippen LogP contribution in [0.2, 0.25) is 0 Å².